The van der Waals surface area contributed by atoms with Gasteiger partial charge in [-0.25, -0.2) is 10.1 Å². The number of oxime groups is 1. The first-order valence-corrected chi connectivity index (χ1v) is 9.38. The molecule has 0 aliphatic carbocycles. The van der Waals surface area contributed by atoms with E-state index in [0.717, 1.165) is 16.8 Å². The van der Waals surface area contributed by atoms with Gasteiger partial charge in [-0.3, -0.25) is 14.7 Å². The standard InChI is InChI=1S/C22H23N5O3/c1-15-9-11-19(12-10-15)27-22(29)20(17(3)25-27)13-23-24-21(28)14-30-26-16(2)18-7-5-4-6-8-18/h4-13,25H,14H2,1-3H3,(H,24,28)/b23-13+,26-16+. The normalized spacial score (nSPS) is 11.6. The Labute approximate surface area is 173 Å². The van der Waals surface area contributed by atoms with Gasteiger partial charge in [-0.1, -0.05) is 53.2 Å². The van der Waals surface area contributed by atoms with E-state index in [4.69, 9.17) is 4.84 Å². The highest BCUT2D eigenvalue weighted by Gasteiger charge is 2.11. The molecule has 0 bridgehead atoms. The number of amides is 1. The van der Waals surface area contributed by atoms with Crippen molar-refractivity contribution in [2.45, 2.75) is 20.8 Å². The number of carbonyl (C=O) groups is 1. The number of rotatable bonds is 7. The van der Waals surface area contributed by atoms with Crippen molar-refractivity contribution < 1.29 is 9.63 Å². The first-order valence-electron chi connectivity index (χ1n) is 9.38. The van der Waals surface area contributed by atoms with Crippen LogP contribution in [0.4, 0.5) is 0 Å². The smallest absolute Gasteiger partial charge is 0.280 e. The van der Waals surface area contributed by atoms with E-state index in [1.165, 1.54) is 10.9 Å². The minimum absolute atomic E-state index is 0.256. The molecule has 2 N–H and O–H groups in total. The predicted molar refractivity (Wildman–Crippen MR) is 116 cm³/mol. The predicted octanol–water partition coefficient (Wildman–Crippen LogP) is 2.67. The van der Waals surface area contributed by atoms with Gasteiger partial charge in [-0.2, -0.15) is 5.10 Å². The molecule has 3 rings (SSSR count). The lowest BCUT2D eigenvalue weighted by Crippen LogP contribution is -2.23. The van der Waals surface area contributed by atoms with Crippen molar-refractivity contribution >= 4 is 17.8 Å². The largest absolute Gasteiger partial charge is 0.385 e. The van der Waals surface area contributed by atoms with E-state index in [9.17, 15) is 9.59 Å². The summed E-state index contributed by atoms with van der Waals surface area (Å²) in [5.74, 6) is -0.483. The van der Waals surface area contributed by atoms with E-state index in [-0.39, 0.29) is 12.2 Å². The molecular weight excluding hydrogens is 382 g/mol. The fraction of sp³-hybridized carbons (Fsp3) is 0.182. The third-order valence-electron chi connectivity index (χ3n) is 4.38. The minimum atomic E-state index is -0.483. The summed E-state index contributed by atoms with van der Waals surface area (Å²) in [5, 5.41) is 10.8. The number of aryl methyl sites for hydroxylation is 2. The van der Waals surface area contributed by atoms with Crippen LogP contribution in [0.3, 0.4) is 0 Å². The molecule has 0 fully saturated rings. The molecule has 0 spiro atoms. The lowest BCUT2D eigenvalue weighted by atomic mass is 10.1. The van der Waals surface area contributed by atoms with Crippen molar-refractivity contribution in [3.63, 3.8) is 0 Å². The van der Waals surface area contributed by atoms with Crippen molar-refractivity contribution in [3.8, 4) is 5.69 Å². The van der Waals surface area contributed by atoms with Crippen molar-refractivity contribution in [1.82, 2.24) is 15.2 Å². The first kappa shape index (κ1) is 20.8. The molecule has 0 unspecified atom stereocenters. The molecule has 1 amide bonds. The zero-order chi connectivity index (χ0) is 21.5. The van der Waals surface area contributed by atoms with Crippen LogP contribution in [0.2, 0.25) is 0 Å². The Kier molecular flexibility index (Phi) is 6.59. The summed E-state index contributed by atoms with van der Waals surface area (Å²) in [5.41, 5.74) is 6.45. The van der Waals surface area contributed by atoms with Crippen molar-refractivity contribution in [3.05, 3.63) is 87.3 Å². The zero-order valence-corrected chi connectivity index (χ0v) is 17.0. The van der Waals surface area contributed by atoms with Crippen LogP contribution in [0.15, 0.2) is 69.6 Å². The Morgan fingerprint density at radius 1 is 1.13 bits per heavy atom. The molecule has 2 aromatic carbocycles. The van der Waals surface area contributed by atoms with E-state index in [1.54, 1.807) is 13.8 Å². The van der Waals surface area contributed by atoms with E-state index >= 15 is 0 Å². The fourth-order valence-corrected chi connectivity index (χ4v) is 2.71. The number of hydrogen-bond acceptors (Lipinski definition) is 5. The molecule has 154 valence electrons. The topological polar surface area (TPSA) is 101 Å². The molecule has 0 aliphatic heterocycles. The van der Waals surface area contributed by atoms with Crippen LogP contribution >= 0.6 is 0 Å². The number of aromatic amines is 1. The van der Waals surface area contributed by atoms with Crippen molar-refractivity contribution in [2.24, 2.45) is 10.3 Å². The molecule has 0 atom stereocenters. The van der Waals surface area contributed by atoms with Gasteiger partial charge in [0, 0.05) is 5.69 Å². The third kappa shape index (κ3) is 5.11. The molecule has 0 saturated heterocycles. The van der Waals surface area contributed by atoms with Gasteiger partial charge in [0.25, 0.3) is 11.5 Å². The Bertz CT molecular complexity index is 1130. The average molecular weight is 405 g/mol. The number of nitrogens with one attached hydrogen (secondary N) is 2. The molecule has 30 heavy (non-hydrogen) atoms. The van der Waals surface area contributed by atoms with Gasteiger partial charge in [0.05, 0.1) is 23.2 Å². The summed E-state index contributed by atoms with van der Waals surface area (Å²) in [6.07, 6.45) is 1.31. The van der Waals surface area contributed by atoms with Crippen LogP contribution in [-0.4, -0.2) is 34.2 Å². The number of H-pyrrole nitrogens is 1. The number of nitrogens with zero attached hydrogens (tertiary/aromatic N) is 3. The van der Waals surface area contributed by atoms with Gasteiger partial charge in [0.1, 0.15) is 0 Å². The second-order valence-corrected chi connectivity index (χ2v) is 6.74. The molecule has 0 radical (unpaired) electrons. The van der Waals surface area contributed by atoms with Gasteiger partial charge in [-0.15, -0.1) is 0 Å². The van der Waals surface area contributed by atoms with Crippen LogP contribution in [0.25, 0.3) is 5.69 Å². The SMILES string of the molecule is C/C(=N\OCC(=O)N/N=C/c1c(C)[nH]n(-c2ccc(C)cc2)c1=O)c1ccccc1. The maximum Gasteiger partial charge on any atom is 0.280 e. The van der Waals surface area contributed by atoms with Crippen LogP contribution in [0, 0.1) is 13.8 Å². The number of benzene rings is 2. The highest BCUT2D eigenvalue weighted by molar-refractivity contribution is 5.98. The Hall–Kier alpha value is -3.94. The lowest BCUT2D eigenvalue weighted by Gasteiger charge is -2.01. The molecule has 8 nitrogen and oxygen atoms in total. The third-order valence-corrected chi connectivity index (χ3v) is 4.38. The maximum atomic E-state index is 12.6. The van der Waals surface area contributed by atoms with Crippen LogP contribution < -0.4 is 11.0 Å². The van der Waals surface area contributed by atoms with E-state index in [2.05, 4.69) is 20.8 Å². The average Bonchev–Trinajstić information content (AvgIpc) is 3.03. The monoisotopic (exact) mass is 405 g/mol. The van der Waals surface area contributed by atoms with Gasteiger partial charge in [-0.05, 0) is 38.5 Å². The second-order valence-electron chi connectivity index (χ2n) is 6.74. The van der Waals surface area contributed by atoms with Crippen molar-refractivity contribution in [1.29, 1.82) is 0 Å². The Morgan fingerprint density at radius 3 is 2.53 bits per heavy atom. The number of hydrogen-bond donors (Lipinski definition) is 2. The number of carbonyl (C=O) groups excluding carboxylic acids is 1. The summed E-state index contributed by atoms with van der Waals surface area (Å²) in [6.45, 7) is 5.24. The van der Waals surface area contributed by atoms with E-state index in [0.29, 0.717) is 17.0 Å². The van der Waals surface area contributed by atoms with Gasteiger partial charge < -0.3 is 4.84 Å². The summed E-state index contributed by atoms with van der Waals surface area (Å²) in [6, 6.07) is 17.0. The quantitative estimate of drug-likeness (QED) is 0.467. The molecule has 1 heterocycles. The highest BCUT2D eigenvalue weighted by Crippen LogP contribution is 2.08. The van der Waals surface area contributed by atoms with Crippen LogP contribution in [-0.2, 0) is 9.63 Å². The van der Waals surface area contributed by atoms with Crippen LogP contribution in [0.1, 0.15) is 29.3 Å². The van der Waals surface area contributed by atoms with Gasteiger partial charge in [0.15, 0.2) is 6.61 Å². The summed E-state index contributed by atoms with van der Waals surface area (Å²) in [7, 11) is 0. The molecule has 3 aromatic rings. The van der Waals surface area contributed by atoms with Crippen LogP contribution in [0.5, 0.6) is 0 Å². The second kappa shape index (κ2) is 9.51. The summed E-state index contributed by atoms with van der Waals surface area (Å²) in [4.78, 5) is 29.6. The van der Waals surface area contributed by atoms with E-state index < -0.39 is 5.91 Å². The Morgan fingerprint density at radius 2 is 1.83 bits per heavy atom. The fourth-order valence-electron chi connectivity index (χ4n) is 2.71. The summed E-state index contributed by atoms with van der Waals surface area (Å²) < 4.78 is 1.43. The number of hydrazone groups is 1. The molecule has 1 aromatic heterocycles. The van der Waals surface area contributed by atoms with E-state index in [1.807, 2.05) is 61.5 Å². The number of aromatic nitrogens is 2. The molecule has 0 aliphatic rings. The first-order chi connectivity index (χ1) is 14.5. The molecule has 0 saturated carbocycles. The van der Waals surface area contributed by atoms with Gasteiger partial charge in [0.2, 0.25) is 0 Å². The molecule has 8 heteroatoms. The summed E-state index contributed by atoms with van der Waals surface area (Å²) >= 11 is 0. The lowest BCUT2D eigenvalue weighted by molar-refractivity contribution is -0.125. The maximum absolute atomic E-state index is 12.6. The molecular formula is C22H23N5O3. The highest BCUT2D eigenvalue weighted by atomic mass is 16.6. The Balaban J connectivity index is 1.58. The van der Waals surface area contributed by atoms with Gasteiger partial charge >= 0.3 is 0 Å². The van der Waals surface area contributed by atoms with Crippen molar-refractivity contribution in [2.75, 3.05) is 6.61 Å². The minimum Gasteiger partial charge on any atom is -0.385 e. The zero-order valence-electron chi connectivity index (χ0n) is 17.0.